The van der Waals surface area contributed by atoms with Crippen molar-refractivity contribution in [3.63, 3.8) is 0 Å². The van der Waals surface area contributed by atoms with E-state index in [0.717, 1.165) is 11.1 Å². The molecule has 2 heterocycles. The number of primary amides is 1. The van der Waals surface area contributed by atoms with E-state index in [4.69, 9.17) is 10.5 Å². The molecule has 2 N–H and O–H groups in total. The molecule has 2 aromatic carbocycles. The van der Waals surface area contributed by atoms with E-state index in [-0.39, 0.29) is 11.3 Å². The van der Waals surface area contributed by atoms with Gasteiger partial charge in [0.1, 0.15) is 6.04 Å². The third kappa shape index (κ3) is 3.73. The van der Waals surface area contributed by atoms with Gasteiger partial charge in [-0.05, 0) is 18.1 Å². The van der Waals surface area contributed by atoms with Crippen LogP contribution in [0.3, 0.4) is 0 Å². The van der Waals surface area contributed by atoms with Gasteiger partial charge in [0.2, 0.25) is 11.8 Å². The highest BCUT2D eigenvalue weighted by Gasteiger charge is 2.60. The van der Waals surface area contributed by atoms with Gasteiger partial charge in [-0.3, -0.25) is 9.59 Å². The molecule has 0 aromatic heterocycles. The lowest BCUT2D eigenvalue weighted by Crippen LogP contribution is -2.57. The number of rotatable bonds is 6. The number of hydrogen-bond donors (Lipinski definition) is 1. The van der Waals surface area contributed by atoms with Gasteiger partial charge >= 0.3 is 5.97 Å². The maximum Gasteiger partial charge on any atom is 0.331 e. The molecule has 6 nitrogen and oxygen atoms in total. The summed E-state index contributed by atoms with van der Waals surface area (Å²) in [5, 5.41) is -0.107. The van der Waals surface area contributed by atoms with Crippen molar-refractivity contribution in [3.05, 3.63) is 83.9 Å². The minimum Gasteiger partial charge on any atom is -0.451 e. The van der Waals surface area contributed by atoms with Crippen molar-refractivity contribution in [1.29, 1.82) is 0 Å². The zero-order valence-corrected chi connectivity index (χ0v) is 17.2. The minimum absolute atomic E-state index is 0.0957. The summed E-state index contributed by atoms with van der Waals surface area (Å²) in [5.74, 6) is -1.20. The van der Waals surface area contributed by atoms with E-state index in [2.05, 4.69) is 0 Å². The second-order valence-electron chi connectivity index (χ2n) is 7.54. The van der Waals surface area contributed by atoms with Crippen LogP contribution in [-0.4, -0.2) is 38.8 Å². The van der Waals surface area contributed by atoms with Crippen LogP contribution in [0.4, 0.5) is 0 Å². The van der Waals surface area contributed by atoms with Gasteiger partial charge < -0.3 is 15.4 Å². The number of amides is 2. The summed E-state index contributed by atoms with van der Waals surface area (Å²) in [6.45, 7) is 1.83. The van der Waals surface area contributed by atoms with Gasteiger partial charge in [0.15, 0.2) is 6.10 Å². The van der Waals surface area contributed by atoms with Crippen LogP contribution in [-0.2, 0) is 19.1 Å². The molecule has 154 valence electrons. The number of hydrogen-bond acceptors (Lipinski definition) is 5. The van der Waals surface area contributed by atoms with Crippen LogP contribution in [0, 0.1) is 0 Å². The van der Waals surface area contributed by atoms with Crippen molar-refractivity contribution >= 4 is 29.5 Å². The van der Waals surface area contributed by atoms with Crippen molar-refractivity contribution in [3.8, 4) is 0 Å². The van der Waals surface area contributed by atoms with E-state index in [1.165, 1.54) is 17.8 Å². The summed E-state index contributed by atoms with van der Waals surface area (Å²) in [7, 11) is 0. The molecular weight excluding hydrogens is 400 g/mol. The Balaban J connectivity index is 1.67. The van der Waals surface area contributed by atoms with Crippen LogP contribution in [0.5, 0.6) is 0 Å². The lowest BCUT2D eigenvalue weighted by atomic mass is 9.95. The van der Waals surface area contributed by atoms with Crippen molar-refractivity contribution in [2.75, 3.05) is 0 Å². The number of nitrogens with two attached hydrogens (primary N) is 1. The predicted molar refractivity (Wildman–Crippen MR) is 114 cm³/mol. The molecule has 0 aliphatic carbocycles. The number of esters is 1. The van der Waals surface area contributed by atoms with E-state index in [1.54, 1.807) is 11.0 Å². The monoisotopic (exact) mass is 422 g/mol. The van der Waals surface area contributed by atoms with Gasteiger partial charge in [-0.15, -0.1) is 11.8 Å². The van der Waals surface area contributed by atoms with Crippen molar-refractivity contribution in [2.45, 2.75) is 35.6 Å². The molecule has 30 heavy (non-hydrogen) atoms. The molecule has 2 fully saturated rings. The van der Waals surface area contributed by atoms with Crippen LogP contribution >= 0.6 is 11.8 Å². The fourth-order valence-electron chi connectivity index (χ4n) is 3.93. The first-order valence-corrected chi connectivity index (χ1v) is 10.5. The summed E-state index contributed by atoms with van der Waals surface area (Å²) in [4.78, 5) is 38.5. The third-order valence-corrected chi connectivity index (χ3v) is 6.93. The van der Waals surface area contributed by atoms with Crippen molar-refractivity contribution in [1.82, 2.24) is 4.90 Å². The topological polar surface area (TPSA) is 89.7 Å². The molecule has 2 saturated heterocycles. The van der Waals surface area contributed by atoms with E-state index in [9.17, 15) is 14.4 Å². The average Bonchev–Trinajstić information content (AvgIpc) is 2.99. The Hall–Kier alpha value is -3.06. The van der Waals surface area contributed by atoms with Gasteiger partial charge in [0, 0.05) is 6.08 Å². The van der Waals surface area contributed by atoms with Gasteiger partial charge in [0.25, 0.3) is 0 Å². The highest BCUT2D eigenvalue weighted by atomic mass is 32.2. The van der Waals surface area contributed by atoms with Crippen molar-refractivity contribution < 1.29 is 19.1 Å². The first kappa shape index (κ1) is 20.2. The Kier molecular flexibility index (Phi) is 5.39. The largest absolute Gasteiger partial charge is 0.451 e. The molecule has 0 radical (unpaired) electrons. The molecule has 0 spiro atoms. The van der Waals surface area contributed by atoms with Crippen LogP contribution in [0.1, 0.15) is 30.6 Å². The standard InChI is InChI=1S/C23H22N2O4S/c1-23(13-12-17(24)26)21(25-18(27)14-19(25)30-23)22(28)29-20(15-8-4-2-5-9-15)16-10-6-3-7-11-16/h2-13,19-21H,14H2,1H3,(H2,24,26)/t19-,21+,23+/m1/s1. The number of carbonyl (C=O) groups is 3. The zero-order chi connectivity index (χ0) is 21.3. The molecule has 2 aromatic rings. The highest BCUT2D eigenvalue weighted by molar-refractivity contribution is 8.01. The van der Waals surface area contributed by atoms with Crippen LogP contribution < -0.4 is 5.73 Å². The number of nitrogens with zero attached hydrogens (tertiary/aromatic N) is 1. The molecule has 7 heteroatoms. The Morgan fingerprint density at radius 2 is 1.70 bits per heavy atom. The number of fused-ring (bicyclic) bond motifs is 1. The number of carbonyl (C=O) groups excluding carboxylic acids is 3. The summed E-state index contributed by atoms with van der Waals surface area (Å²) >= 11 is 1.47. The normalized spacial score (nSPS) is 25.3. The molecule has 4 rings (SSSR count). The van der Waals surface area contributed by atoms with Crippen LogP contribution in [0.2, 0.25) is 0 Å². The molecule has 2 aliphatic rings. The number of β-lactam (4-membered cyclic amide) rings is 1. The smallest absolute Gasteiger partial charge is 0.331 e. The SMILES string of the molecule is C[C@@]1(C=CC(N)=O)S[C@@H]2CC(=O)N2[C@H]1C(=O)OC(c1ccccc1)c1ccccc1. The summed E-state index contributed by atoms with van der Waals surface area (Å²) in [6.07, 6.45) is 2.62. The first-order valence-electron chi connectivity index (χ1n) is 9.67. The summed E-state index contributed by atoms with van der Waals surface area (Å²) < 4.78 is 5.21. The Labute approximate surface area is 179 Å². The fraction of sp³-hybridized carbons (Fsp3) is 0.261. The Morgan fingerprint density at radius 3 is 2.20 bits per heavy atom. The molecular formula is C23H22N2O4S. The average molecular weight is 423 g/mol. The second-order valence-corrected chi connectivity index (χ2v) is 9.20. The second kappa shape index (κ2) is 7.99. The predicted octanol–water partition coefficient (Wildman–Crippen LogP) is 2.79. The number of thioether (sulfide) groups is 1. The third-order valence-electron chi connectivity index (χ3n) is 5.40. The Morgan fingerprint density at radius 1 is 1.13 bits per heavy atom. The van der Waals surface area contributed by atoms with E-state index < -0.39 is 28.8 Å². The minimum atomic E-state index is -0.834. The Bertz CT molecular complexity index is 955. The quantitative estimate of drug-likeness (QED) is 0.439. The molecule has 0 bridgehead atoms. The van der Waals surface area contributed by atoms with Gasteiger partial charge in [0.05, 0.1) is 16.5 Å². The number of ether oxygens (including phenoxy) is 1. The molecule has 2 amide bonds. The van der Waals surface area contributed by atoms with E-state index in [1.807, 2.05) is 67.6 Å². The maximum atomic E-state index is 13.4. The van der Waals surface area contributed by atoms with Crippen molar-refractivity contribution in [2.24, 2.45) is 5.73 Å². The van der Waals surface area contributed by atoms with Gasteiger partial charge in [-0.2, -0.15) is 0 Å². The molecule has 2 aliphatic heterocycles. The molecule has 3 atom stereocenters. The lowest BCUT2D eigenvalue weighted by molar-refractivity contribution is -0.163. The van der Waals surface area contributed by atoms with Crippen LogP contribution in [0.15, 0.2) is 72.8 Å². The summed E-state index contributed by atoms with van der Waals surface area (Å²) in [5.41, 5.74) is 6.94. The number of benzene rings is 2. The van der Waals surface area contributed by atoms with Crippen LogP contribution in [0.25, 0.3) is 0 Å². The van der Waals surface area contributed by atoms with Gasteiger partial charge in [-0.25, -0.2) is 4.79 Å². The summed E-state index contributed by atoms with van der Waals surface area (Å²) in [6, 6.07) is 18.1. The maximum absolute atomic E-state index is 13.4. The molecule has 0 unspecified atom stereocenters. The lowest BCUT2D eigenvalue weighted by Gasteiger charge is -2.38. The highest BCUT2D eigenvalue weighted by Crippen LogP contribution is 2.52. The zero-order valence-electron chi connectivity index (χ0n) is 16.4. The van der Waals surface area contributed by atoms with Gasteiger partial charge in [-0.1, -0.05) is 66.7 Å². The molecule has 0 saturated carbocycles. The van der Waals surface area contributed by atoms with E-state index in [0.29, 0.717) is 6.42 Å². The fourth-order valence-corrected chi connectivity index (χ4v) is 5.58. The first-order chi connectivity index (χ1) is 14.4. The van der Waals surface area contributed by atoms with E-state index >= 15 is 0 Å².